The molecule has 270 valence electrons. The van der Waals surface area contributed by atoms with Crippen LogP contribution in [0.15, 0.2) is 23.7 Å². The molecule has 2 saturated heterocycles. The van der Waals surface area contributed by atoms with Crippen molar-refractivity contribution in [2.24, 2.45) is 5.41 Å². The molecule has 4 rings (SSSR count). The first-order valence-corrected chi connectivity index (χ1v) is 17.6. The highest BCUT2D eigenvalue weighted by atomic mass is 32.1. The van der Waals surface area contributed by atoms with Gasteiger partial charge in [-0.15, -0.1) is 11.3 Å². The summed E-state index contributed by atoms with van der Waals surface area (Å²) in [6.07, 6.45) is -0.488. The zero-order valence-corrected chi connectivity index (χ0v) is 30.5. The van der Waals surface area contributed by atoms with Crippen LogP contribution in [0.5, 0.6) is 0 Å². The van der Waals surface area contributed by atoms with E-state index in [4.69, 9.17) is 9.47 Å². The average Bonchev–Trinajstić information content (AvgIpc) is 3.62. The summed E-state index contributed by atoms with van der Waals surface area (Å²) in [5.41, 5.74) is 2.15. The number of rotatable bonds is 9. The molecule has 4 atom stereocenters. The number of hydrogen-bond acceptors (Lipinski definition) is 9. The second-order valence-electron chi connectivity index (χ2n) is 15.0. The fraction of sp³-hybridized carbons (Fsp3) is 0.629. The molecule has 2 fully saturated rings. The third-order valence-electron chi connectivity index (χ3n) is 8.66. The van der Waals surface area contributed by atoms with E-state index in [0.29, 0.717) is 31.5 Å². The third-order valence-corrected chi connectivity index (χ3v) is 9.64. The van der Waals surface area contributed by atoms with Crippen molar-refractivity contribution in [2.45, 2.75) is 111 Å². The Hall–Kier alpha value is -3.62. The summed E-state index contributed by atoms with van der Waals surface area (Å²) in [7, 11) is 0. The summed E-state index contributed by atoms with van der Waals surface area (Å²) >= 11 is 1.42. The second-order valence-corrected chi connectivity index (χ2v) is 15.8. The number of thiazole rings is 1. The second kappa shape index (κ2) is 15.5. The Bertz CT molecular complexity index is 1510. The molecular weight excluding hydrogens is 653 g/mol. The molecule has 0 unspecified atom stereocenters. The summed E-state index contributed by atoms with van der Waals surface area (Å²) < 4.78 is 26.5. The van der Waals surface area contributed by atoms with Crippen molar-refractivity contribution in [3.8, 4) is 10.4 Å². The first-order chi connectivity index (χ1) is 22.8. The van der Waals surface area contributed by atoms with Crippen LogP contribution in [0.25, 0.3) is 10.4 Å². The van der Waals surface area contributed by atoms with E-state index in [-0.39, 0.29) is 37.3 Å². The number of β-amino-alcohol motifs (C(OH)–C–C–N with tert-alkyl or cyclic N) is 1. The van der Waals surface area contributed by atoms with Crippen LogP contribution in [0.1, 0.15) is 85.0 Å². The molecule has 0 radical (unpaired) electrons. The molecule has 0 aliphatic carbocycles. The number of carbonyl (C=O) groups excluding carboxylic acids is 4. The zero-order valence-electron chi connectivity index (χ0n) is 29.7. The van der Waals surface area contributed by atoms with Crippen molar-refractivity contribution in [3.63, 3.8) is 0 Å². The van der Waals surface area contributed by atoms with Gasteiger partial charge >= 0.3 is 6.09 Å². The van der Waals surface area contributed by atoms with Gasteiger partial charge < -0.3 is 35.0 Å². The summed E-state index contributed by atoms with van der Waals surface area (Å²) in [6.45, 7) is 14.8. The number of aromatic nitrogens is 1. The molecule has 1 aromatic carbocycles. The van der Waals surface area contributed by atoms with E-state index in [9.17, 15) is 24.3 Å². The van der Waals surface area contributed by atoms with E-state index in [1.54, 1.807) is 50.2 Å². The summed E-state index contributed by atoms with van der Waals surface area (Å²) in [4.78, 5) is 60.9. The minimum Gasteiger partial charge on any atom is -0.444 e. The zero-order chi connectivity index (χ0) is 36.3. The van der Waals surface area contributed by atoms with E-state index in [0.717, 1.165) is 10.6 Å². The fourth-order valence-electron chi connectivity index (χ4n) is 6.03. The van der Waals surface area contributed by atoms with Gasteiger partial charge in [-0.05, 0) is 64.5 Å². The lowest BCUT2D eigenvalue weighted by atomic mass is 9.85. The number of piperidine rings is 1. The molecule has 3 heterocycles. The van der Waals surface area contributed by atoms with E-state index in [1.165, 1.54) is 22.3 Å². The van der Waals surface area contributed by atoms with Gasteiger partial charge in [-0.2, -0.15) is 0 Å². The lowest BCUT2D eigenvalue weighted by Gasteiger charge is -2.36. The Labute approximate surface area is 291 Å². The van der Waals surface area contributed by atoms with Gasteiger partial charge in [-0.25, -0.2) is 14.2 Å². The summed E-state index contributed by atoms with van der Waals surface area (Å²) in [5, 5.41) is 16.1. The highest BCUT2D eigenvalue weighted by Crippen LogP contribution is 2.31. The molecule has 2 aromatic rings. The number of ether oxygens (including phenoxy) is 2. The van der Waals surface area contributed by atoms with Crippen LogP contribution in [-0.2, 0) is 23.9 Å². The monoisotopic (exact) mass is 703 g/mol. The molecule has 12 nitrogen and oxygen atoms in total. The van der Waals surface area contributed by atoms with E-state index >= 15 is 4.39 Å². The van der Waals surface area contributed by atoms with Crippen LogP contribution < -0.4 is 10.6 Å². The molecule has 3 N–H and O–H groups in total. The molecular formula is C35H50FN5O7S. The highest BCUT2D eigenvalue weighted by molar-refractivity contribution is 7.13. The fourth-order valence-corrected chi connectivity index (χ4v) is 6.84. The van der Waals surface area contributed by atoms with Crippen LogP contribution in [0, 0.1) is 18.2 Å². The van der Waals surface area contributed by atoms with Crippen LogP contribution in [0.2, 0.25) is 0 Å². The van der Waals surface area contributed by atoms with Crippen molar-refractivity contribution in [3.05, 3.63) is 40.8 Å². The van der Waals surface area contributed by atoms with Crippen molar-refractivity contribution < 1.29 is 38.1 Å². The smallest absolute Gasteiger partial charge is 0.410 e. The van der Waals surface area contributed by atoms with E-state index in [2.05, 4.69) is 15.6 Å². The number of benzene rings is 1. The van der Waals surface area contributed by atoms with E-state index < -0.39 is 58.8 Å². The number of nitrogens with zero attached hydrogens (tertiary/aromatic N) is 3. The maximum absolute atomic E-state index is 15.2. The normalized spacial score (nSPS) is 20.1. The number of nitrogens with one attached hydrogen (secondary N) is 2. The molecule has 1 aromatic heterocycles. The van der Waals surface area contributed by atoms with Gasteiger partial charge in [0.05, 0.1) is 34.3 Å². The van der Waals surface area contributed by atoms with Gasteiger partial charge in [-0.1, -0.05) is 32.9 Å². The Balaban J connectivity index is 1.35. The molecule has 2 aliphatic rings. The lowest BCUT2D eigenvalue weighted by Crippen LogP contribution is -2.58. The summed E-state index contributed by atoms with van der Waals surface area (Å²) in [5.74, 6) is -2.01. The van der Waals surface area contributed by atoms with Crippen LogP contribution in [0.4, 0.5) is 9.18 Å². The number of hydrogen-bond donors (Lipinski definition) is 3. The number of likely N-dealkylation sites (tertiary alicyclic amines) is 2. The van der Waals surface area contributed by atoms with Crippen molar-refractivity contribution in [1.82, 2.24) is 25.4 Å². The van der Waals surface area contributed by atoms with Gasteiger partial charge in [0.25, 0.3) is 0 Å². The average molecular weight is 704 g/mol. The van der Waals surface area contributed by atoms with Gasteiger partial charge in [0.1, 0.15) is 30.1 Å². The minimum atomic E-state index is -1.02. The Kier molecular flexibility index (Phi) is 12.1. The van der Waals surface area contributed by atoms with E-state index in [1.807, 2.05) is 27.7 Å². The predicted molar refractivity (Wildman–Crippen MR) is 183 cm³/mol. The largest absolute Gasteiger partial charge is 0.444 e. The Morgan fingerprint density at radius 1 is 1.10 bits per heavy atom. The molecule has 2 aliphatic heterocycles. The van der Waals surface area contributed by atoms with Crippen LogP contribution >= 0.6 is 11.3 Å². The van der Waals surface area contributed by atoms with Crippen molar-refractivity contribution in [2.75, 3.05) is 26.2 Å². The SMILES string of the molecule is Cc1ncsc1-c1ccc([C@H](C)NC(=O)[C@@H]2C[C@@H](O)CN2C(=O)[C@@H](NC(=O)COC2CCN(C(=O)OC(C)(C)C)CC2)C(C)(C)C)c(F)c1. The molecule has 0 bridgehead atoms. The van der Waals surface area contributed by atoms with Gasteiger partial charge in [-0.3, -0.25) is 14.4 Å². The first kappa shape index (κ1) is 38.2. The quantitative estimate of drug-likeness (QED) is 0.349. The molecule has 49 heavy (non-hydrogen) atoms. The van der Waals surface area contributed by atoms with Crippen LogP contribution in [-0.4, -0.2) is 99.8 Å². The third kappa shape index (κ3) is 9.98. The van der Waals surface area contributed by atoms with Crippen LogP contribution in [0.3, 0.4) is 0 Å². The Morgan fingerprint density at radius 3 is 2.35 bits per heavy atom. The number of aliphatic hydroxyl groups is 1. The minimum absolute atomic E-state index is 0.00623. The first-order valence-electron chi connectivity index (χ1n) is 16.7. The molecule has 0 saturated carbocycles. The highest BCUT2D eigenvalue weighted by Gasteiger charge is 2.45. The number of amides is 4. The number of halogens is 1. The maximum Gasteiger partial charge on any atom is 0.410 e. The van der Waals surface area contributed by atoms with Gasteiger partial charge in [0.15, 0.2) is 0 Å². The summed E-state index contributed by atoms with van der Waals surface area (Å²) in [6, 6.07) is 2.07. The van der Waals surface area contributed by atoms with Gasteiger partial charge in [0.2, 0.25) is 17.7 Å². The topological polar surface area (TPSA) is 150 Å². The lowest BCUT2D eigenvalue weighted by molar-refractivity contribution is -0.145. The maximum atomic E-state index is 15.2. The van der Waals surface area contributed by atoms with Crippen molar-refractivity contribution in [1.29, 1.82) is 0 Å². The molecule has 14 heteroatoms. The number of aliphatic hydroxyl groups excluding tert-OH is 1. The van der Waals surface area contributed by atoms with Gasteiger partial charge in [0, 0.05) is 31.6 Å². The number of carbonyl (C=O) groups is 4. The molecule has 4 amide bonds. The van der Waals surface area contributed by atoms with Crippen molar-refractivity contribution >= 4 is 35.2 Å². The predicted octanol–water partition coefficient (Wildman–Crippen LogP) is 4.34. The molecule has 0 spiro atoms. The Morgan fingerprint density at radius 2 is 1.78 bits per heavy atom. The number of aryl methyl sites for hydroxylation is 1. The standard InChI is InChI=1S/C35H50FN5O7S/c1-20(25-10-9-22(15-26(25)36)29-21(2)37-19-49-29)38-31(44)27-16-23(42)17-41(27)32(45)30(34(3,4)5)39-28(43)18-47-24-11-13-40(14-12-24)33(46)48-35(6,7)8/h9-10,15,19-20,23-24,27,30,42H,11-14,16-18H2,1-8H3,(H,38,44)(H,39,43)/t20-,23+,27-,30+/m0/s1.